The second kappa shape index (κ2) is 5.17. The van der Waals surface area contributed by atoms with E-state index < -0.39 is 0 Å². The maximum Gasteiger partial charge on any atom is 0.0803 e. The highest BCUT2D eigenvalue weighted by atomic mass is 79.9. The van der Waals surface area contributed by atoms with E-state index in [1.165, 1.54) is 20.6 Å². The summed E-state index contributed by atoms with van der Waals surface area (Å²) in [7, 11) is 2.02. The average Bonchev–Trinajstić information content (AvgIpc) is 2.78. The SMILES string of the molecule is CNC(c1cc(Br)c(C)s1)C1OCCC1C. The van der Waals surface area contributed by atoms with Crippen molar-refractivity contribution < 1.29 is 4.74 Å². The van der Waals surface area contributed by atoms with E-state index in [-0.39, 0.29) is 0 Å². The normalized spacial score (nSPS) is 27.2. The third-order valence-corrected chi connectivity index (χ3v) is 5.49. The molecule has 0 radical (unpaired) electrons. The summed E-state index contributed by atoms with van der Waals surface area (Å²) >= 11 is 5.43. The summed E-state index contributed by atoms with van der Waals surface area (Å²) in [6.07, 6.45) is 1.49. The molecule has 1 aromatic rings. The van der Waals surface area contributed by atoms with Crippen LogP contribution in [0, 0.1) is 12.8 Å². The molecule has 1 N–H and O–H groups in total. The molecular formula is C12H18BrNOS. The highest BCUT2D eigenvalue weighted by molar-refractivity contribution is 9.10. The van der Waals surface area contributed by atoms with E-state index in [2.05, 4.69) is 41.2 Å². The molecule has 0 saturated carbocycles. The fourth-order valence-corrected chi connectivity index (χ4v) is 3.95. The predicted octanol–water partition coefficient (Wildman–Crippen LogP) is 3.50. The number of aryl methyl sites for hydroxylation is 1. The first-order chi connectivity index (χ1) is 7.63. The first-order valence-electron chi connectivity index (χ1n) is 5.68. The van der Waals surface area contributed by atoms with Crippen LogP contribution in [0.1, 0.15) is 29.1 Å². The third-order valence-electron chi connectivity index (χ3n) is 3.27. The molecule has 3 unspecified atom stereocenters. The summed E-state index contributed by atoms with van der Waals surface area (Å²) in [4.78, 5) is 2.70. The summed E-state index contributed by atoms with van der Waals surface area (Å²) in [6.45, 7) is 5.32. The molecule has 1 aromatic heterocycles. The van der Waals surface area contributed by atoms with Crippen molar-refractivity contribution in [2.24, 2.45) is 5.92 Å². The van der Waals surface area contributed by atoms with Gasteiger partial charge in [0, 0.05) is 20.8 Å². The molecule has 0 aromatic carbocycles. The van der Waals surface area contributed by atoms with Gasteiger partial charge in [0.1, 0.15) is 0 Å². The van der Waals surface area contributed by atoms with Crippen molar-refractivity contribution in [3.63, 3.8) is 0 Å². The van der Waals surface area contributed by atoms with Crippen LogP contribution >= 0.6 is 27.3 Å². The van der Waals surface area contributed by atoms with Crippen LogP contribution in [0.25, 0.3) is 0 Å². The molecule has 1 aliphatic rings. The first-order valence-corrected chi connectivity index (χ1v) is 7.29. The molecule has 16 heavy (non-hydrogen) atoms. The molecule has 1 aliphatic heterocycles. The Morgan fingerprint density at radius 2 is 2.38 bits per heavy atom. The quantitative estimate of drug-likeness (QED) is 0.923. The molecule has 90 valence electrons. The lowest BCUT2D eigenvalue weighted by molar-refractivity contribution is 0.0641. The maximum atomic E-state index is 5.85. The fourth-order valence-electron chi connectivity index (χ4n) is 2.25. The zero-order valence-corrected chi connectivity index (χ0v) is 12.3. The molecule has 0 aliphatic carbocycles. The van der Waals surface area contributed by atoms with Crippen molar-refractivity contribution in [2.45, 2.75) is 32.4 Å². The second-order valence-electron chi connectivity index (χ2n) is 4.42. The summed E-state index contributed by atoms with van der Waals surface area (Å²) in [6, 6.07) is 2.54. The van der Waals surface area contributed by atoms with Gasteiger partial charge in [-0.05, 0) is 48.3 Å². The lowest BCUT2D eigenvalue weighted by atomic mass is 9.97. The van der Waals surface area contributed by atoms with Crippen molar-refractivity contribution in [3.05, 3.63) is 20.3 Å². The van der Waals surface area contributed by atoms with Crippen LogP contribution in [-0.4, -0.2) is 19.8 Å². The van der Waals surface area contributed by atoms with Gasteiger partial charge < -0.3 is 10.1 Å². The van der Waals surface area contributed by atoms with Crippen LogP contribution in [0.2, 0.25) is 0 Å². The van der Waals surface area contributed by atoms with Gasteiger partial charge in [0.2, 0.25) is 0 Å². The first kappa shape index (κ1) is 12.6. The molecular weight excluding hydrogens is 286 g/mol. The molecule has 2 rings (SSSR count). The molecule has 1 fully saturated rings. The van der Waals surface area contributed by atoms with Gasteiger partial charge in [0.15, 0.2) is 0 Å². The van der Waals surface area contributed by atoms with Gasteiger partial charge in [-0.2, -0.15) is 0 Å². The van der Waals surface area contributed by atoms with Crippen LogP contribution in [0.15, 0.2) is 10.5 Å². The molecule has 0 amide bonds. The minimum absolute atomic E-state index is 0.315. The van der Waals surface area contributed by atoms with Gasteiger partial charge in [0.05, 0.1) is 12.1 Å². The van der Waals surface area contributed by atoms with Gasteiger partial charge in [-0.25, -0.2) is 0 Å². The number of hydrogen-bond acceptors (Lipinski definition) is 3. The Balaban J connectivity index is 2.21. The van der Waals surface area contributed by atoms with Crippen molar-refractivity contribution in [3.8, 4) is 0 Å². The zero-order valence-electron chi connectivity index (χ0n) is 9.92. The number of halogens is 1. The van der Waals surface area contributed by atoms with E-state index in [0.29, 0.717) is 18.1 Å². The van der Waals surface area contributed by atoms with Gasteiger partial charge >= 0.3 is 0 Å². The molecule has 2 heterocycles. The number of hydrogen-bond donors (Lipinski definition) is 1. The predicted molar refractivity (Wildman–Crippen MR) is 72.1 cm³/mol. The van der Waals surface area contributed by atoms with E-state index in [1.54, 1.807) is 0 Å². The van der Waals surface area contributed by atoms with Crippen LogP contribution in [-0.2, 0) is 4.74 Å². The highest BCUT2D eigenvalue weighted by Crippen LogP contribution is 2.37. The summed E-state index contributed by atoms with van der Waals surface area (Å²) in [5.41, 5.74) is 0. The van der Waals surface area contributed by atoms with Crippen molar-refractivity contribution in [1.29, 1.82) is 0 Å². The van der Waals surface area contributed by atoms with Crippen LogP contribution in [0.5, 0.6) is 0 Å². The summed E-state index contributed by atoms with van der Waals surface area (Å²) in [5, 5.41) is 3.40. The molecule has 0 bridgehead atoms. The van der Waals surface area contributed by atoms with E-state index >= 15 is 0 Å². The smallest absolute Gasteiger partial charge is 0.0803 e. The molecule has 3 atom stereocenters. The van der Waals surface area contributed by atoms with Crippen LogP contribution in [0.3, 0.4) is 0 Å². The minimum Gasteiger partial charge on any atom is -0.376 e. The van der Waals surface area contributed by atoms with Crippen molar-refractivity contribution in [2.75, 3.05) is 13.7 Å². The van der Waals surface area contributed by atoms with E-state index in [1.807, 2.05) is 18.4 Å². The number of rotatable bonds is 3. The second-order valence-corrected chi connectivity index (χ2v) is 6.56. The van der Waals surface area contributed by atoms with Crippen molar-refractivity contribution in [1.82, 2.24) is 5.32 Å². The Morgan fingerprint density at radius 1 is 1.62 bits per heavy atom. The van der Waals surface area contributed by atoms with Gasteiger partial charge in [-0.1, -0.05) is 6.92 Å². The number of likely N-dealkylation sites (N-methyl/N-ethyl adjacent to an activating group) is 1. The Labute approximate surface area is 110 Å². The lowest BCUT2D eigenvalue weighted by Gasteiger charge is -2.24. The van der Waals surface area contributed by atoms with Crippen LogP contribution < -0.4 is 5.32 Å². The monoisotopic (exact) mass is 303 g/mol. The van der Waals surface area contributed by atoms with E-state index in [9.17, 15) is 0 Å². The molecule has 1 saturated heterocycles. The van der Waals surface area contributed by atoms with Gasteiger partial charge in [-0.3, -0.25) is 0 Å². The maximum absolute atomic E-state index is 5.85. The summed E-state index contributed by atoms with van der Waals surface area (Å²) < 4.78 is 7.06. The van der Waals surface area contributed by atoms with Crippen LogP contribution in [0.4, 0.5) is 0 Å². The van der Waals surface area contributed by atoms with Crippen molar-refractivity contribution >= 4 is 27.3 Å². The fraction of sp³-hybridized carbons (Fsp3) is 0.667. The van der Waals surface area contributed by atoms with E-state index in [4.69, 9.17) is 4.74 Å². The molecule has 4 heteroatoms. The standard InChI is InChI=1S/C12H18BrNOS/c1-7-4-5-15-12(7)11(14-3)10-6-9(13)8(2)16-10/h6-7,11-12,14H,4-5H2,1-3H3. The average molecular weight is 304 g/mol. The topological polar surface area (TPSA) is 21.3 Å². The van der Waals surface area contributed by atoms with Gasteiger partial charge in [-0.15, -0.1) is 11.3 Å². The Bertz CT molecular complexity index is 346. The largest absolute Gasteiger partial charge is 0.376 e. The third kappa shape index (κ3) is 2.35. The van der Waals surface area contributed by atoms with Gasteiger partial charge in [0.25, 0.3) is 0 Å². The Kier molecular flexibility index (Phi) is 4.06. The number of nitrogens with one attached hydrogen (secondary N) is 1. The lowest BCUT2D eigenvalue weighted by Crippen LogP contribution is -2.31. The van der Waals surface area contributed by atoms with E-state index in [0.717, 1.165) is 6.61 Å². The summed E-state index contributed by atoms with van der Waals surface area (Å²) in [5.74, 6) is 0.638. The zero-order chi connectivity index (χ0) is 11.7. The Morgan fingerprint density at radius 3 is 2.81 bits per heavy atom. The minimum atomic E-state index is 0.315. The Hall–Kier alpha value is 0.1000. The highest BCUT2D eigenvalue weighted by Gasteiger charge is 2.33. The number of ether oxygens (including phenoxy) is 1. The molecule has 0 spiro atoms. The number of thiophene rings is 1. The molecule has 2 nitrogen and oxygen atoms in total.